The molecule has 1 aromatic heterocycles. The molecule has 206 valence electrons. The van der Waals surface area contributed by atoms with E-state index in [9.17, 15) is 4.79 Å². The third-order valence-electron chi connectivity index (χ3n) is 6.82. The molecular weight excluding hydrogens is 516 g/mol. The van der Waals surface area contributed by atoms with Crippen LogP contribution < -0.4 is 5.32 Å². The summed E-state index contributed by atoms with van der Waals surface area (Å²) in [5, 5.41) is 4.00. The number of carbonyl (C=O) groups is 1. The monoisotopic (exact) mass is 552 g/mol. The van der Waals surface area contributed by atoms with Crippen LogP contribution in [0.15, 0.2) is 109 Å². The van der Waals surface area contributed by atoms with Gasteiger partial charge in [0.2, 0.25) is 0 Å². The van der Waals surface area contributed by atoms with E-state index in [2.05, 4.69) is 88.9 Å². The van der Waals surface area contributed by atoms with Gasteiger partial charge in [0.15, 0.2) is 0 Å². The summed E-state index contributed by atoms with van der Waals surface area (Å²) in [7, 11) is 0. The zero-order valence-electron chi connectivity index (χ0n) is 23.3. The van der Waals surface area contributed by atoms with Gasteiger partial charge in [-0.05, 0) is 43.9 Å². The molecule has 40 heavy (non-hydrogen) atoms. The summed E-state index contributed by atoms with van der Waals surface area (Å²) in [6.45, 7) is 6.37. The lowest BCUT2D eigenvalue weighted by Gasteiger charge is -2.37. The standard InChI is InChI=1S/C33H36N4O2S/c1-32(2,3)39-31(38)36-29(30-34-20-13-21-40-30)22-28-23-37(24-35-28)33(25-14-7-4-8-15-25,26-16-9-5-10-17-26)27-18-11-6-12-19-27/h4-12,14-19,23-24,29H,13,20-22H2,1-3H3,(H,36,38)/t29-/m0/s1. The lowest BCUT2D eigenvalue weighted by Crippen LogP contribution is -2.44. The largest absolute Gasteiger partial charge is 0.444 e. The Hall–Kier alpha value is -3.84. The smallest absolute Gasteiger partial charge is 0.408 e. The van der Waals surface area contributed by atoms with Crippen LogP contribution in [0.25, 0.3) is 0 Å². The maximum absolute atomic E-state index is 12.8. The van der Waals surface area contributed by atoms with Gasteiger partial charge in [0, 0.05) is 24.9 Å². The summed E-state index contributed by atoms with van der Waals surface area (Å²) in [6, 6.07) is 31.3. The van der Waals surface area contributed by atoms with Crippen molar-refractivity contribution in [2.75, 3.05) is 12.3 Å². The van der Waals surface area contributed by atoms with Crippen molar-refractivity contribution in [3.05, 3.63) is 126 Å². The number of rotatable bonds is 8. The van der Waals surface area contributed by atoms with Gasteiger partial charge < -0.3 is 14.6 Å². The van der Waals surface area contributed by atoms with Crippen molar-refractivity contribution >= 4 is 22.9 Å². The van der Waals surface area contributed by atoms with Crippen LogP contribution in [0.3, 0.4) is 0 Å². The van der Waals surface area contributed by atoms with Gasteiger partial charge in [-0.15, -0.1) is 11.8 Å². The Morgan fingerprint density at radius 3 is 1.95 bits per heavy atom. The van der Waals surface area contributed by atoms with Gasteiger partial charge in [0.25, 0.3) is 0 Å². The number of hydrogen-bond donors (Lipinski definition) is 1. The molecule has 0 bridgehead atoms. The second-order valence-electron chi connectivity index (χ2n) is 10.9. The van der Waals surface area contributed by atoms with Gasteiger partial charge in [-0.3, -0.25) is 4.99 Å². The molecule has 0 fully saturated rings. The van der Waals surface area contributed by atoms with Crippen LogP contribution in [0.5, 0.6) is 0 Å². The average molecular weight is 553 g/mol. The molecule has 1 aliphatic rings. The fourth-order valence-corrected chi connectivity index (χ4v) is 6.19. The molecule has 0 spiro atoms. The van der Waals surface area contributed by atoms with E-state index in [4.69, 9.17) is 14.7 Å². The summed E-state index contributed by atoms with van der Waals surface area (Å²) in [6.07, 6.45) is 5.11. The number of thioether (sulfide) groups is 1. The molecule has 7 heteroatoms. The van der Waals surface area contributed by atoms with E-state index in [1.807, 2.05) is 45.3 Å². The Morgan fingerprint density at radius 1 is 0.925 bits per heavy atom. The molecule has 5 rings (SSSR count). The Morgan fingerprint density at radius 2 is 1.48 bits per heavy atom. The molecule has 2 heterocycles. The molecule has 1 N–H and O–H groups in total. The van der Waals surface area contributed by atoms with E-state index < -0.39 is 17.2 Å². The highest BCUT2D eigenvalue weighted by atomic mass is 32.2. The summed E-state index contributed by atoms with van der Waals surface area (Å²) in [5.41, 5.74) is 3.03. The summed E-state index contributed by atoms with van der Waals surface area (Å²) in [5.74, 6) is 0.985. The van der Waals surface area contributed by atoms with E-state index in [-0.39, 0.29) is 6.04 Å². The van der Waals surface area contributed by atoms with Crippen molar-refractivity contribution in [3.63, 3.8) is 0 Å². The van der Waals surface area contributed by atoms with E-state index >= 15 is 0 Å². The highest BCUT2D eigenvalue weighted by molar-refractivity contribution is 8.14. The van der Waals surface area contributed by atoms with Crippen molar-refractivity contribution in [3.8, 4) is 0 Å². The minimum atomic E-state index is -0.639. The molecule has 4 aromatic rings. The second kappa shape index (κ2) is 12.1. The van der Waals surface area contributed by atoms with Crippen LogP contribution in [-0.4, -0.2) is 44.6 Å². The van der Waals surface area contributed by atoms with Crippen molar-refractivity contribution in [2.24, 2.45) is 4.99 Å². The van der Waals surface area contributed by atoms with Gasteiger partial charge in [-0.25, -0.2) is 9.78 Å². The Labute approximate surface area is 240 Å². The number of ether oxygens (including phenoxy) is 1. The molecule has 3 aromatic carbocycles. The van der Waals surface area contributed by atoms with Gasteiger partial charge in [-0.2, -0.15) is 0 Å². The molecule has 6 nitrogen and oxygen atoms in total. The fourth-order valence-electron chi connectivity index (χ4n) is 5.18. The zero-order chi connectivity index (χ0) is 28.0. The van der Waals surface area contributed by atoms with Crippen LogP contribution >= 0.6 is 11.8 Å². The third kappa shape index (κ3) is 6.15. The van der Waals surface area contributed by atoms with Gasteiger partial charge in [0.1, 0.15) is 11.1 Å². The number of hydrogen-bond acceptors (Lipinski definition) is 5. The van der Waals surface area contributed by atoms with E-state index in [0.717, 1.165) is 46.1 Å². The SMILES string of the molecule is CC(C)(C)OC(=O)N[C@@H](Cc1cn(C(c2ccccc2)(c2ccccc2)c2ccccc2)cn1)C1=NCCCS1. The molecule has 1 aliphatic heterocycles. The maximum Gasteiger partial charge on any atom is 0.408 e. The minimum absolute atomic E-state index is 0.317. The first-order valence-corrected chi connectivity index (χ1v) is 14.7. The highest BCUT2D eigenvalue weighted by Crippen LogP contribution is 2.40. The summed E-state index contributed by atoms with van der Waals surface area (Å²) in [4.78, 5) is 22.4. The number of imidazole rings is 1. The first kappa shape index (κ1) is 27.7. The minimum Gasteiger partial charge on any atom is -0.444 e. The molecule has 1 amide bonds. The average Bonchev–Trinajstić information content (AvgIpc) is 3.43. The molecule has 0 radical (unpaired) electrons. The van der Waals surface area contributed by atoms with Gasteiger partial charge in [0.05, 0.1) is 23.1 Å². The normalized spacial score (nSPS) is 14.7. The summed E-state index contributed by atoms with van der Waals surface area (Å²) >= 11 is 1.70. The van der Waals surface area contributed by atoms with E-state index in [1.54, 1.807) is 11.8 Å². The fraction of sp³-hybridized carbons (Fsp3) is 0.303. The van der Waals surface area contributed by atoms with Gasteiger partial charge in [-0.1, -0.05) is 91.0 Å². The highest BCUT2D eigenvalue weighted by Gasteiger charge is 2.38. The lowest BCUT2D eigenvalue weighted by atomic mass is 9.77. The quantitative estimate of drug-likeness (QED) is 0.247. The van der Waals surface area contributed by atoms with Crippen molar-refractivity contribution in [2.45, 2.75) is 50.8 Å². The molecule has 0 unspecified atom stereocenters. The van der Waals surface area contributed by atoms with Crippen molar-refractivity contribution in [1.29, 1.82) is 0 Å². The number of amides is 1. The Kier molecular flexibility index (Phi) is 8.40. The number of benzene rings is 3. The topological polar surface area (TPSA) is 68.5 Å². The number of aromatic nitrogens is 2. The number of alkyl carbamates (subject to hydrolysis) is 1. The maximum atomic E-state index is 12.8. The van der Waals surface area contributed by atoms with Crippen LogP contribution in [0, 0.1) is 0 Å². The number of aliphatic imine (C=N–C) groups is 1. The van der Waals surface area contributed by atoms with Gasteiger partial charge >= 0.3 is 6.09 Å². The Bertz CT molecular complexity index is 1330. The number of nitrogens with zero attached hydrogens (tertiary/aromatic N) is 3. The van der Waals surface area contributed by atoms with Crippen molar-refractivity contribution in [1.82, 2.24) is 14.9 Å². The molecule has 0 aliphatic carbocycles. The van der Waals surface area contributed by atoms with E-state index in [1.165, 1.54) is 0 Å². The molecular formula is C33H36N4O2S. The Balaban J connectivity index is 1.57. The molecule has 0 saturated heterocycles. The predicted octanol–water partition coefficient (Wildman–Crippen LogP) is 6.69. The van der Waals surface area contributed by atoms with Crippen molar-refractivity contribution < 1.29 is 9.53 Å². The first-order valence-electron chi connectivity index (χ1n) is 13.7. The summed E-state index contributed by atoms with van der Waals surface area (Å²) < 4.78 is 7.79. The van der Waals surface area contributed by atoms with Crippen LogP contribution in [0.1, 0.15) is 49.6 Å². The van der Waals surface area contributed by atoms with E-state index in [0.29, 0.717) is 6.42 Å². The van der Waals surface area contributed by atoms with Crippen LogP contribution in [0.4, 0.5) is 4.79 Å². The zero-order valence-corrected chi connectivity index (χ0v) is 24.1. The number of nitrogens with one attached hydrogen (secondary N) is 1. The second-order valence-corrected chi connectivity index (χ2v) is 12.0. The molecule has 0 saturated carbocycles. The molecule has 1 atom stereocenters. The lowest BCUT2D eigenvalue weighted by molar-refractivity contribution is 0.0518. The van der Waals surface area contributed by atoms with Crippen LogP contribution in [0.2, 0.25) is 0 Å². The predicted molar refractivity (Wildman–Crippen MR) is 163 cm³/mol. The number of carbonyl (C=O) groups excluding carboxylic acids is 1. The third-order valence-corrected chi connectivity index (χ3v) is 8.02. The first-order chi connectivity index (χ1) is 19.4. The van der Waals surface area contributed by atoms with Crippen LogP contribution in [-0.2, 0) is 16.7 Å².